The van der Waals surface area contributed by atoms with Crippen molar-refractivity contribution in [3.63, 3.8) is 0 Å². The summed E-state index contributed by atoms with van der Waals surface area (Å²) in [6.45, 7) is 11.5. The number of nitrogens with one attached hydrogen (secondary N) is 1. The van der Waals surface area contributed by atoms with Crippen LogP contribution in [0.4, 0.5) is 0 Å². The third-order valence-corrected chi connectivity index (χ3v) is 3.90. The van der Waals surface area contributed by atoms with E-state index >= 15 is 0 Å². The molecule has 0 aliphatic carbocycles. The summed E-state index contributed by atoms with van der Waals surface area (Å²) in [4.78, 5) is 2.49. The highest BCUT2D eigenvalue weighted by Crippen LogP contribution is 2.23. The summed E-state index contributed by atoms with van der Waals surface area (Å²) in [5, 5.41) is 12.8. The number of hydrogen-bond acceptors (Lipinski definition) is 4. The molecule has 0 aromatic heterocycles. The van der Waals surface area contributed by atoms with Gasteiger partial charge in [0.15, 0.2) is 0 Å². The largest absolute Gasteiger partial charge is 0.384 e. The van der Waals surface area contributed by atoms with Crippen molar-refractivity contribution in [3.05, 3.63) is 0 Å². The fraction of sp³-hybridized carbons (Fsp3) is 0.933. The molecule has 1 fully saturated rings. The van der Waals surface area contributed by atoms with Crippen molar-refractivity contribution in [1.29, 1.82) is 5.26 Å². The van der Waals surface area contributed by atoms with Crippen LogP contribution < -0.4 is 5.32 Å². The van der Waals surface area contributed by atoms with E-state index < -0.39 is 5.54 Å². The van der Waals surface area contributed by atoms with Crippen molar-refractivity contribution in [1.82, 2.24) is 10.2 Å². The Bertz CT molecular complexity index is 313. The van der Waals surface area contributed by atoms with E-state index in [-0.39, 0.29) is 0 Å². The molecule has 0 bridgehead atoms. The molecule has 110 valence electrons. The monoisotopic (exact) mass is 267 g/mol. The van der Waals surface area contributed by atoms with Gasteiger partial charge >= 0.3 is 0 Å². The van der Waals surface area contributed by atoms with Gasteiger partial charge in [0, 0.05) is 25.7 Å². The first-order valence-electron chi connectivity index (χ1n) is 7.32. The van der Waals surface area contributed by atoms with E-state index in [4.69, 9.17) is 4.74 Å². The van der Waals surface area contributed by atoms with Crippen LogP contribution in [0.15, 0.2) is 0 Å². The van der Waals surface area contributed by atoms with E-state index in [9.17, 15) is 5.26 Å². The first kappa shape index (κ1) is 16.4. The Morgan fingerprint density at radius 1 is 1.47 bits per heavy atom. The first-order valence-corrected chi connectivity index (χ1v) is 7.32. The van der Waals surface area contributed by atoms with Crippen molar-refractivity contribution in [2.24, 2.45) is 5.92 Å². The van der Waals surface area contributed by atoms with Gasteiger partial charge in [-0.1, -0.05) is 0 Å². The lowest BCUT2D eigenvalue weighted by molar-refractivity contribution is 0.143. The minimum absolute atomic E-state index is 0.330. The molecule has 4 nitrogen and oxygen atoms in total. The Morgan fingerprint density at radius 3 is 2.68 bits per heavy atom. The topological polar surface area (TPSA) is 48.3 Å². The first-order chi connectivity index (χ1) is 8.90. The smallest absolute Gasteiger partial charge is 0.105 e. The van der Waals surface area contributed by atoms with E-state index in [0.29, 0.717) is 18.0 Å². The zero-order chi connectivity index (χ0) is 14.5. The number of methoxy groups -OCH3 is 1. The molecule has 1 rings (SSSR count). The third-order valence-electron chi connectivity index (χ3n) is 3.90. The normalized spacial score (nSPS) is 25.2. The summed E-state index contributed by atoms with van der Waals surface area (Å²) >= 11 is 0. The second-order valence-electron chi connectivity index (χ2n) is 6.40. The predicted octanol–water partition coefficient (Wildman–Crippen LogP) is 2.01. The Hall–Kier alpha value is -0.630. The van der Waals surface area contributed by atoms with Gasteiger partial charge in [-0.15, -0.1) is 0 Å². The van der Waals surface area contributed by atoms with Gasteiger partial charge in [-0.2, -0.15) is 5.26 Å². The number of ether oxygens (including phenoxy) is 1. The molecule has 0 saturated carbocycles. The molecule has 3 unspecified atom stereocenters. The molecule has 0 aromatic carbocycles. The van der Waals surface area contributed by atoms with Gasteiger partial charge in [0.2, 0.25) is 0 Å². The Balaban J connectivity index is 2.50. The Labute approximate surface area is 118 Å². The zero-order valence-corrected chi connectivity index (χ0v) is 13.1. The van der Waals surface area contributed by atoms with Crippen LogP contribution in [0, 0.1) is 17.2 Å². The minimum atomic E-state index is -0.438. The molecule has 1 N–H and O–H groups in total. The fourth-order valence-electron chi connectivity index (χ4n) is 3.13. The molecule has 1 aliphatic heterocycles. The number of nitriles is 1. The van der Waals surface area contributed by atoms with E-state index in [1.165, 1.54) is 6.42 Å². The second-order valence-corrected chi connectivity index (χ2v) is 6.40. The van der Waals surface area contributed by atoms with Crippen LogP contribution in [0.3, 0.4) is 0 Å². The van der Waals surface area contributed by atoms with Gasteiger partial charge in [0.25, 0.3) is 0 Å². The van der Waals surface area contributed by atoms with Crippen LogP contribution in [0.5, 0.6) is 0 Å². The lowest BCUT2D eigenvalue weighted by Gasteiger charge is -2.33. The molecule has 0 amide bonds. The molecule has 1 aliphatic rings. The summed E-state index contributed by atoms with van der Waals surface area (Å²) in [5.41, 5.74) is -0.438. The van der Waals surface area contributed by atoms with Gasteiger partial charge in [-0.25, -0.2) is 0 Å². The average Bonchev–Trinajstić information content (AvgIpc) is 2.77. The maximum absolute atomic E-state index is 9.41. The van der Waals surface area contributed by atoms with E-state index in [1.807, 2.05) is 6.92 Å². The molecular formula is C15H29N3O. The number of rotatable bonds is 7. The number of likely N-dealkylation sites (tertiary alicyclic amines) is 1. The van der Waals surface area contributed by atoms with Gasteiger partial charge in [-0.05, 0) is 53.0 Å². The van der Waals surface area contributed by atoms with Crippen LogP contribution in [0.25, 0.3) is 0 Å². The standard InChI is InChI=1S/C15H29N3O/c1-12(2)17-15(4,11-16)8-13(3)18-7-6-14(9-18)10-19-5/h12-14,17H,6-10H2,1-5H3. The molecule has 19 heavy (non-hydrogen) atoms. The average molecular weight is 267 g/mol. The van der Waals surface area contributed by atoms with E-state index in [2.05, 4.69) is 37.1 Å². The lowest BCUT2D eigenvalue weighted by Crippen LogP contribution is -2.49. The molecule has 3 atom stereocenters. The van der Waals surface area contributed by atoms with Crippen molar-refractivity contribution < 1.29 is 4.74 Å². The highest BCUT2D eigenvalue weighted by atomic mass is 16.5. The number of nitrogens with zero attached hydrogens (tertiary/aromatic N) is 2. The highest BCUT2D eigenvalue weighted by molar-refractivity contribution is 5.06. The summed E-state index contributed by atoms with van der Waals surface area (Å²) < 4.78 is 5.24. The maximum Gasteiger partial charge on any atom is 0.105 e. The lowest BCUT2D eigenvalue weighted by atomic mass is 9.93. The molecule has 0 aromatic rings. The van der Waals surface area contributed by atoms with Crippen LogP contribution in [0.1, 0.15) is 40.5 Å². The van der Waals surface area contributed by atoms with Crippen LogP contribution >= 0.6 is 0 Å². The molecule has 0 radical (unpaired) electrons. The van der Waals surface area contributed by atoms with Crippen molar-refractivity contribution >= 4 is 0 Å². The van der Waals surface area contributed by atoms with Crippen LogP contribution in [0.2, 0.25) is 0 Å². The third kappa shape index (κ3) is 5.10. The molecular weight excluding hydrogens is 238 g/mol. The molecule has 1 saturated heterocycles. The predicted molar refractivity (Wildman–Crippen MR) is 77.9 cm³/mol. The summed E-state index contributed by atoms with van der Waals surface area (Å²) in [6, 6.07) is 3.20. The van der Waals surface area contributed by atoms with Crippen molar-refractivity contribution in [3.8, 4) is 6.07 Å². The van der Waals surface area contributed by atoms with Crippen LogP contribution in [-0.2, 0) is 4.74 Å². The van der Waals surface area contributed by atoms with Crippen molar-refractivity contribution in [2.45, 2.75) is 58.2 Å². The van der Waals surface area contributed by atoms with Gasteiger partial charge < -0.3 is 9.64 Å². The fourth-order valence-corrected chi connectivity index (χ4v) is 3.13. The maximum atomic E-state index is 9.41. The van der Waals surface area contributed by atoms with Crippen LogP contribution in [-0.4, -0.2) is 49.3 Å². The second kappa shape index (κ2) is 7.23. The molecule has 0 spiro atoms. The highest BCUT2D eigenvalue weighted by Gasteiger charge is 2.32. The number of hydrogen-bond donors (Lipinski definition) is 1. The summed E-state index contributed by atoms with van der Waals surface area (Å²) in [6.07, 6.45) is 2.07. The Kier molecular flexibility index (Phi) is 6.25. The van der Waals surface area contributed by atoms with E-state index in [0.717, 1.165) is 26.1 Å². The van der Waals surface area contributed by atoms with Gasteiger partial charge in [0.05, 0.1) is 12.7 Å². The quantitative estimate of drug-likeness (QED) is 0.766. The summed E-state index contributed by atoms with van der Waals surface area (Å²) in [7, 11) is 1.77. The molecule has 1 heterocycles. The van der Waals surface area contributed by atoms with Gasteiger partial charge in [0.1, 0.15) is 5.54 Å². The zero-order valence-electron chi connectivity index (χ0n) is 13.1. The Morgan fingerprint density at radius 2 is 2.16 bits per heavy atom. The van der Waals surface area contributed by atoms with Gasteiger partial charge in [-0.3, -0.25) is 5.32 Å². The molecule has 4 heteroatoms. The minimum Gasteiger partial charge on any atom is -0.384 e. The summed E-state index contributed by atoms with van der Waals surface area (Å²) in [5.74, 6) is 0.652. The SMILES string of the molecule is COCC1CCN(C(C)CC(C)(C#N)NC(C)C)C1. The van der Waals surface area contributed by atoms with Crippen molar-refractivity contribution in [2.75, 3.05) is 26.8 Å². The van der Waals surface area contributed by atoms with E-state index in [1.54, 1.807) is 7.11 Å².